The molecule has 0 spiro atoms. The Bertz CT molecular complexity index is 478. The van der Waals surface area contributed by atoms with Gasteiger partial charge in [0.25, 0.3) is 0 Å². The van der Waals surface area contributed by atoms with Crippen LogP contribution in [0.5, 0.6) is 5.75 Å². The number of benzene rings is 1. The van der Waals surface area contributed by atoms with E-state index in [2.05, 4.69) is 47.2 Å². The Morgan fingerprint density at radius 2 is 2.00 bits per heavy atom. The monoisotopic (exact) mass is 337 g/mol. The Labute approximate surface area is 130 Å². The van der Waals surface area contributed by atoms with Crippen molar-refractivity contribution >= 4 is 15.9 Å². The maximum Gasteiger partial charge on any atom is 0.127 e. The van der Waals surface area contributed by atoms with Crippen molar-refractivity contribution < 1.29 is 4.74 Å². The lowest BCUT2D eigenvalue weighted by Gasteiger charge is -2.35. The van der Waals surface area contributed by atoms with Crippen molar-refractivity contribution in [1.82, 2.24) is 5.32 Å². The van der Waals surface area contributed by atoms with E-state index in [9.17, 15) is 0 Å². The zero-order valence-electron chi connectivity index (χ0n) is 12.4. The molecule has 1 fully saturated rings. The number of rotatable bonds is 3. The molecule has 20 heavy (non-hydrogen) atoms. The van der Waals surface area contributed by atoms with Crippen molar-refractivity contribution in [1.29, 1.82) is 0 Å². The minimum atomic E-state index is 0.639. The summed E-state index contributed by atoms with van der Waals surface area (Å²) in [6.07, 6.45) is 5.14. The van der Waals surface area contributed by atoms with Gasteiger partial charge in [-0.3, -0.25) is 0 Å². The summed E-state index contributed by atoms with van der Waals surface area (Å²) in [6, 6.07) is 5.03. The molecule has 0 amide bonds. The predicted octanol–water partition coefficient (Wildman–Crippen LogP) is 4.30. The van der Waals surface area contributed by atoms with E-state index in [4.69, 9.17) is 4.74 Å². The van der Waals surface area contributed by atoms with Crippen molar-refractivity contribution in [2.75, 3.05) is 6.61 Å². The van der Waals surface area contributed by atoms with E-state index in [-0.39, 0.29) is 0 Å². The van der Waals surface area contributed by atoms with E-state index in [1.807, 2.05) is 0 Å². The summed E-state index contributed by atoms with van der Waals surface area (Å²) in [5.41, 5.74) is 2.65. The summed E-state index contributed by atoms with van der Waals surface area (Å²) in [4.78, 5) is 0. The van der Waals surface area contributed by atoms with Crippen LogP contribution in [0, 0.1) is 11.8 Å². The third kappa shape index (κ3) is 2.89. The second-order valence-corrected chi connectivity index (χ2v) is 7.36. The molecule has 1 N–H and O–H groups in total. The van der Waals surface area contributed by atoms with Crippen LogP contribution in [0.25, 0.3) is 0 Å². The largest absolute Gasteiger partial charge is 0.493 e. The lowest BCUT2D eigenvalue weighted by molar-refractivity contribution is 0.207. The molecule has 1 aliphatic heterocycles. The third-order valence-corrected chi connectivity index (χ3v) is 5.36. The fraction of sp³-hybridized carbons (Fsp3) is 0.647. The van der Waals surface area contributed by atoms with Crippen LogP contribution in [-0.4, -0.2) is 12.6 Å². The topological polar surface area (TPSA) is 21.3 Å². The minimum Gasteiger partial charge on any atom is -0.493 e. The smallest absolute Gasteiger partial charge is 0.127 e. The fourth-order valence-corrected chi connectivity index (χ4v) is 4.34. The van der Waals surface area contributed by atoms with E-state index in [0.29, 0.717) is 6.04 Å². The molecule has 3 heteroatoms. The van der Waals surface area contributed by atoms with Crippen LogP contribution in [0.3, 0.4) is 0 Å². The minimum absolute atomic E-state index is 0.639. The summed E-state index contributed by atoms with van der Waals surface area (Å²) < 4.78 is 6.99. The first kappa shape index (κ1) is 14.4. The van der Waals surface area contributed by atoms with Crippen molar-refractivity contribution in [2.24, 2.45) is 11.8 Å². The molecule has 1 saturated carbocycles. The highest BCUT2D eigenvalue weighted by atomic mass is 79.9. The van der Waals surface area contributed by atoms with Crippen molar-refractivity contribution in [2.45, 2.75) is 52.1 Å². The first-order chi connectivity index (χ1) is 9.65. The van der Waals surface area contributed by atoms with Gasteiger partial charge < -0.3 is 10.1 Å². The van der Waals surface area contributed by atoms with Crippen LogP contribution in [0.2, 0.25) is 0 Å². The van der Waals surface area contributed by atoms with Crippen LogP contribution >= 0.6 is 15.9 Å². The first-order valence-electron chi connectivity index (χ1n) is 7.82. The standard InChI is InChI=1S/C17H24BrNO/c1-11-4-3-5-12(2)16(11)19-10-14-9-15(18)8-13-6-7-20-17(13)14/h8-9,11-12,16,19H,3-7,10H2,1-2H3. The molecule has 1 aromatic rings. The molecular formula is C17H24BrNO. The Kier molecular flexibility index (Phi) is 4.37. The number of hydrogen-bond donors (Lipinski definition) is 1. The van der Waals surface area contributed by atoms with Gasteiger partial charge in [-0.2, -0.15) is 0 Å². The molecule has 3 rings (SSSR count). The number of halogens is 1. The van der Waals surface area contributed by atoms with Gasteiger partial charge in [-0.1, -0.05) is 36.2 Å². The van der Waals surface area contributed by atoms with Crippen LogP contribution in [0.4, 0.5) is 0 Å². The van der Waals surface area contributed by atoms with E-state index in [1.165, 1.54) is 34.9 Å². The summed E-state index contributed by atoms with van der Waals surface area (Å²) >= 11 is 3.62. The molecule has 0 aromatic heterocycles. The first-order valence-corrected chi connectivity index (χ1v) is 8.62. The fourth-order valence-electron chi connectivity index (χ4n) is 3.79. The van der Waals surface area contributed by atoms with Gasteiger partial charge in [0.05, 0.1) is 6.61 Å². The van der Waals surface area contributed by atoms with Crippen molar-refractivity contribution in [3.8, 4) is 5.75 Å². The maximum absolute atomic E-state index is 5.82. The van der Waals surface area contributed by atoms with Gasteiger partial charge >= 0.3 is 0 Å². The van der Waals surface area contributed by atoms with E-state index >= 15 is 0 Å². The SMILES string of the molecule is CC1CCCC(C)C1NCc1cc(Br)cc2c1OCC2. The van der Waals surface area contributed by atoms with Gasteiger partial charge in [0.15, 0.2) is 0 Å². The third-order valence-electron chi connectivity index (χ3n) is 4.90. The second-order valence-electron chi connectivity index (χ2n) is 6.44. The predicted molar refractivity (Wildman–Crippen MR) is 86.1 cm³/mol. The van der Waals surface area contributed by atoms with E-state index in [0.717, 1.165) is 37.2 Å². The number of nitrogens with one attached hydrogen (secondary N) is 1. The normalized spacial score (nSPS) is 29.1. The average Bonchev–Trinajstić information content (AvgIpc) is 2.86. The van der Waals surface area contributed by atoms with E-state index < -0.39 is 0 Å². The van der Waals surface area contributed by atoms with Gasteiger partial charge in [0.2, 0.25) is 0 Å². The summed E-state index contributed by atoms with van der Waals surface area (Å²) in [5, 5.41) is 3.79. The number of hydrogen-bond acceptors (Lipinski definition) is 2. The van der Waals surface area contributed by atoms with Gasteiger partial charge in [-0.15, -0.1) is 0 Å². The quantitative estimate of drug-likeness (QED) is 0.887. The summed E-state index contributed by atoms with van der Waals surface area (Å²) in [6.45, 7) is 6.51. The lowest BCUT2D eigenvalue weighted by Crippen LogP contribution is -2.42. The maximum atomic E-state index is 5.82. The zero-order valence-corrected chi connectivity index (χ0v) is 14.0. The van der Waals surface area contributed by atoms with Crippen LogP contribution in [0.15, 0.2) is 16.6 Å². The molecule has 110 valence electrons. The lowest BCUT2D eigenvalue weighted by atomic mass is 9.78. The molecule has 2 aliphatic rings. The Morgan fingerprint density at radius 1 is 1.25 bits per heavy atom. The summed E-state index contributed by atoms with van der Waals surface area (Å²) in [5.74, 6) is 2.68. The zero-order chi connectivity index (χ0) is 14.1. The van der Waals surface area contributed by atoms with Gasteiger partial charge in [-0.05, 0) is 42.4 Å². The van der Waals surface area contributed by atoms with Gasteiger partial charge in [0, 0.05) is 29.0 Å². The summed E-state index contributed by atoms with van der Waals surface area (Å²) in [7, 11) is 0. The molecule has 0 radical (unpaired) electrons. The Balaban J connectivity index is 1.72. The molecule has 2 nitrogen and oxygen atoms in total. The second kappa shape index (κ2) is 6.07. The Morgan fingerprint density at radius 3 is 2.75 bits per heavy atom. The van der Waals surface area contributed by atoms with Crippen LogP contribution in [0.1, 0.15) is 44.2 Å². The highest BCUT2D eigenvalue weighted by molar-refractivity contribution is 9.10. The van der Waals surface area contributed by atoms with Crippen molar-refractivity contribution in [3.05, 3.63) is 27.7 Å². The van der Waals surface area contributed by atoms with Crippen LogP contribution in [-0.2, 0) is 13.0 Å². The van der Waals surface area contributed by atoms with E-state index in [1.54, 1.807) is 0 Å². The molecule has 2 atom stereocenters. The molecular weight excluding hydrogens is 314 g/mol. The van der Waals surface area contributed by atoms with Gasteiger partial charge in [0.1, 0.15) is 5.75 Å². The molecule has 1 heterocycles. The van der Waals surface area contributed by atoms with Crippen LogP contribution < -0.4 is 10.1 Å². The van der Waals surface area contributed by atoms with Gasteiger partial charge in [-0.25, -0.2) is 0 Å². The molecule has 0 bridgehead atoms. The molecule has 1 aliphatic carbocycles. The number of fused-ring (bicyclic) bond motifs is 1. The highest BCUT2D eigenvalue weighted by Gasteiger charge is 2.27. The highest BCUT2D eigenvalue weighted by Crippen LogP contribution is 2.34. The number of ether oxygens (including phenoxy) is 1. The molecule has 1 aromatic carbocycles. The Hall–Kier alpha value is -0.540. The average molecular weight is 338 g/mol. The van der Waals surface area contributed by atoms with Crippen molar-refractivity contribution in [3.63, 3.8) is 0 Å². The molecule has 2 unspecified atom stereocenters. The molecule has 0 saturated heterocycles.